The van der Waals surface area contributed by atoms with E-state index in [0.717, 1.165) is 0 Å². The molecule has 0 amide bonds. The highest BCUT2D eigenvalue weighted by atomic mass is 16.7. The molecule has 8 heteroatoms. The topological polar surface area (TPSA) is 108 Å². The number of benzene rings is 1. The van der Waals surface area contributed by atoms with E-state index in [1.807, 2.05) is 0 Å². The van der Waals surface area contributed by atoms with Crippen LogP contribution in [0.1, 0.15) is 48.5 Å². The van der Waals surface area contributed by atoms with E-state index in [0.29, 0.717) is 24.2 Å². The fourth-order valence-corrected chi connectivity index (χ4v) is 2.91. The Kier molecular flexibility index (Phi) is 8.35. The number of hydrogen-bond acceptors (Lipinski definition) is 8. The molecular formula is C21H26O8. The van der Waals surface area contributed by atoms with Crippen molar-refractivity contribution in [2.75, 3.05) is 21.0 Å². The minimum atomic E-state index is -1.21. The summed E-state index contributed by atoms with van der Waals surface area (Å²) in [4.78, 5) is 37.0. The zero-order chi connectivity index (χ0) is 21.4. The average Bonchev–Trinajstić information content (AvgIpc) is 2.69. The molecule has 0 saturated heterocycles. The Morgan fingerprint density at radius 3 is 2.59 bits per heavy atom. The number of Topliss-reactive ketones (excluding diaryl/α,β-unsaturated/α-hetero) is 1. The van der Waals surface area contributed by atoms with Crippen LogP contribution < -0.4 is 9.47 Å². The Bertz CT molecular complexity index is 783. The number of ketones is 2. The number of aliphatic hydroxyl groups is 1. The van der Waals surface area contributed by atoms with Gasteiger partial charge in [-0.3, -0.25) is 9.59 Å². The van der Waals surface area contributed by atoms with Gasteiger partial charge >= 0.3 is 5.97 Å². The molecule has 2 atom stereocenters. The Labute approximate surface area is 169 Å². The lowest BCUT2D eigenvalue weighted by Gasteiger charge is -2.18. The number of cyclic esters (lactones) is 1. The second-order valence-electron chi connectivity index (χ2n) is 6.75. The first-order chi connectivity index (χ1) is 13.8. The lowest BCUT2D eigenvalue weighted by molar-refractivity contribution is -0.131. The first-order valence-corrected chi connectivity index (χ1v) is 9.32. The number of rotatable bonds is 4. The van der Waals surface area contributed by atoms with Crippen molar-refractivity contribution < 1.29 is 38.4 Å². The monoisotopic (exact) mass is 406 g/mol. The Morgan fingerprint density at radius 1 is 1.14 bits per heavy atom. The molecule has 0 aliphatic carbocycles. The molecule has 1 unspecified atom stereocenters. The van der Waals surface area contributed by atoms with Crippen molar-refractivity contribution in [3.05, 3.63) is 29.3 Å². The first kappa shape index (κ1) is 22.6. The maximum absolute atomic E-state index is 12.9. The van der Waals surface area contributed by atoms with Gasteiger partial charge in [-0.1, -0.05) is 6.08 Å². The lowest BCUT2D eigenvalue weighted by Crippen LogP contribution is -2.24. The van der Waals surface area contributed by atoms with Crippen LogP contribution in [0.15, 0.2) is 18.2 Å². The van der Waals surface area contributed by atoms with E-state index >= 15 is 0 Å². The smallest absolute Gasteiger partial charge is 0.342 e. The second kappa shape index (κ2) is 10.7. The van der Waals surface area contributed by atoms with E-state index in [9.17, 15) is 19.5 Å². The molecule has 0 bridgehead atoms. The van der Waals surface area contributed by atoms with Crippen LogP contribution in [0.5, 0.6) is 11.5 Å². The van der Waals surface area contributed by atoms with Crippen LogP contribution in [-0.2, 0) is 19.1 Å². The quantitative estimate of drug-likeness (QED) is 0.461. The van der Waals surface area contributed by atoms with Gasteiger partial charge in [-0.2, -0.15) is 0 Å². The molecule has 1 aromatic carbocycles. The average molecular weight is 406 g/mol. The molecule has 1 aromatic rings. The summed E-state index contributed by atoms with van der Waals surface area (Å²) in [5.41, 5.74) is 0.466. The number of esters is 1. The Balaban J connectivity index is 2.51. The summed E-state index contributed by atoms with van der Waals surface area (Å²) >= 11 is 0. The van der Waals surface area contributed by atoms with Gasteiger partial charge in [-0.25, -0.2) is 4.79 Å². The van der Waals surface area contributed by atoms with Crippen molar-refractivity contribution >= 4 is 23.6 Å². The number of ether oxygens (including phenoxy) is 4. The highest BCUT2D eigenvalue weighted by Crippen LogP contribution is 2.31. The minimum Gasteiger partial charge on any atom is -0.497 e. The van der Waals surface area contributed by atoms with Gasteiger partial charge in [-0.15, -0.1) is 0 Å². The number of fused-ring (bicyclic) bond motifs is 1. The van der Waals surface area contributed by atoms with Gasteiger partial charge < -0.3 is 24.1 Å². The Hall–Kier alpha value is -2.71. The summed E-state index contributed by atoms with van der Waals surface area (Å²) in [6.07, 6.45) is 1.65. The summed E-state index contributed by atoms with van der Waals surface area (Å²) in [5, 5.41) is 9.91. The summed E-state index contributed by atoms with van der Waals surface area (Å²) < 4.78 is 21.2. The zero-order valence-electron chi connectivity index (χ0n) is 16.8. The van der Waals surface area contributed by atoms with Crippen molar-refractivity contribution in [2.24, 2.45) is 0 Å². The fraction of sp³-hybridized carbons (Fsp3) is 0.476. The van der Waals surface area contributed by atoms with Crippen LogP contribution in [-0.4, -0.2) is 55.9 Å². The number of carbonyl (C=O) groups is 3. The van der Waals surface area contributed by atoms with E-state index in [4.69, 9.17) is 18.9 Å². The molecule has 2 rings (SSSR count). The largest absolute Gasteiger partial charge is 0.497 e. The van der Waals surface area contributed by atoms with Gasteiger partial charge in [0.15, 0.2) is 18.4 Å². The third-order valence-corrected chi connectivity index (χ3v) is 4.44. The highest BCUT2D eigenvalue weighted by Gasteiger charge is 2.24. The minimum absolute atomic E-state index is 0.0997. The van der Waals surface area contributed by atoms with Crippen molar-refractivity contribution in [2.45, 2.75) is 44.8 Å². The van der Waals surface area contributed by atoms with E-state index in [1.54, 1.807) is 13.0 Å². The van der Waals surface area contributed by atoms with E-state index in [2.05, 4.69) is 0 Å². The van der Waals surface area contributed by atoms with E-state index < -0.39 is 36.2 Å². The maximum atomic E-state index is 12.9. The van der Waals surface area contributed by atoms with Crippen molar-refractivity contribution in [3.8, 4) is 11.5 Å². The molecule has 0 fully saturated rings. The van der Waals surface area contributed by atoms with Crippen LogP contribution in [0.4, 0.5) is 0 Å². The number of hydrogen-bond donors (Lipinski definition) is 1. The van der Waals surface area contributed by atoms with Crippen LogP contribution in [0.3, 0.4) is 0 Å². The second-order valence-corrected chi connectivity index (χ2v) is 6.75. The molecule has 0 radical (unpaired) electrons. The van der Waals surface area contributed by atoms with E-state index in [-0.39, 0.29) is 24.5 Å². The molecule has 8 nitrogen and oxygen atoms in total. The van der Waals surface area contributed by atoms with Gasteiger partial charge in [-0.05, 0) is 43.9 Å². The van der Waals surface area contributed by atoms with Gasteiger partial charge in [0.1, 0.15) is 23.2 Å². The SMILES string of the molecule is COCOc1cc(OC)cc2c1C(=O)O[C@@H](C)CCCC(O)C(=O)CC(=O)C=C2. The molecule has 0 spiro atoms. The third kappa shape index (κ3) is 6.40. The number of aliphatic hydroxyl groups excluding tert-OH is 1. The molecule has 158 valence electrons. The van der Waals surface area contributed by atoms with Crippen molar-refractivity contribution in [1.82, 2.24) is 0 Å². The molecule has 1 N–H and O–H groups in total. The molecule has 1 aliphatic rings. The molecule has 1 aliphatic heterocycles. The number of carbonyl (C=O) groups excluding carboxylic acids is 3. The van der Waals surface area contributed by atoms with Crippen molar-refractivity contribution in [3.63, 3.8) is 0 Å². The highest BCUT2D eigenvalue weighted by molar-refractivity contribution is 6.08. The molecular weight excluding hydrogens is 380 g/mol. The Morgan fingerprint density at radius 2 is 1.90 bits per heavy atom. The lowest BCUT2D eigenvalue weighted by atomic mass is 10.0. The molecule has 1 heterocycles. The number of allylic oxidation sites excluding steroid dienone is 1. The normalized spacial score (nSPS) is 21.2. The van der Waals surface area contributed by atoms with Crippen LogP contribution in [0.2, 0.25) is 0 Å². The van der Waals surface area contributed by atoms with Crippen molar-refractivity contribution in [1.29, 1.82) is 0 Å². The third-order valence-electron chi connectivity index (χ3n) is 4.44. The van der Waals surface area contributed by atoms with E-state index in [1.165, 1.54) is 32.4 Å². The summed E-state index contributed by atoms with van der Waals surface area (Å²) in [5.74, 6) is -1.04. The summed E-state index contributed by atoms with van der Waals surface area (Å²) in [6.45, 7) is 1.63. The van der Waals surface area contributed by atoms with Crippen LogP contribution in [0.25, 0.3) is 6.08 Å². The van der Waals surface area contributed by atoms with Gasteiger partial charge in [0.05, 0.1) is 19.6 Å². The summed E-state index contributed by atoms with van der Waals surface area (Å²) in [6, 6.07) is 3.09. The van der Waals surface area contributed by atoms with Crippen LogP contribution in [0, 0.1) is 0 Å². The maximum Gasteiger partial charge on any atom is 0.342 e. The van der Waals surface area contributed by atoms with Gasteiger partial charge in [0.2, 0.25) is 0 Å². The predicted molar refractivity (Wildman–Crippen MR) is 104 cm³/mol. The first-order valence-electron chi connectivity index (χ1n) is 9.32. The zero-order valence-corrected chi connectivity index (χ0v) is 16.8. The van der Waals surface area contributed by atoms with Gasteiger partial charge in [0, 0.05) is 13.2 Å². The van der Waals surface area contributed by atoms with Crippen LogP contribution >= 0.6 is 0 Å². The molecule has 29 heavy (non-hydrogen) atoms. The predicted octanol–water partition coefficient (Wildman–Crippen LogP) is 2.31. The summed E-state index contributed by atoms with van der Waals surface area (Å²) in [7, 11) is 2.91. The standard InChI is InChI=1S/C21H26O8/c1-13-5-4-6-17(23)18(24)10-15(22)8-7-14-9-16(27-3)11-19(28-12-26-2)20(14)21(25)29-13/h7-9,11,13,17,23H,4-6,10,12H2,1-3H3/t13-,17?/m0/s1. The fourth-order valence-electron chi connectivity index (χ4n) is 2.91. The molecule has 0 aromatic heterocycles. The molecule has 0 saturated carbocycles. The van der Waals surface area contributed by atoms with Gasteiger partial charge in [0.25, 0.3) is 0 Å². The number of methoxy groups -OCH3 is 2.